The minimum absolute atomic E-state index is 0.0764. The Morgan fingerprint density at radius 3 is 2.81 bits per heavy atom. The Morgan fingerprint density at radius 1 is 1.29 bits per heavy atom. The van der Waals surface area contributed by atoms with Gasteiger partial charge in [0.25, 0.3) is 0 Å². The Hall–Kier alpha value is -2.73. The van der Waals surface area contributed by atoms with Crippen molar-refractivity contribution in [1.82, 2.24) is 34.1 Å². The lowest BCUT2D eigenvalue weighted by Gasteiger charge is -2.35. The maximum absolute atomic E-state index is 11.8. The van der Waals surface area contributed by atoms with Gasteiger partial charge in [-0.1, -0.05) is 6.92 Å². The molecule has 5 rings (SSSR count). The molecule has 0 bridgehead atoms. The molecule has 1 saturated carbocycles. The van der Waals surface area contributed by atoms with Gasteiger partial charge < -0.3 is 10.1 Å². The number of aromatic nitrogens is 6. The van der Waals surface area contributed by atoms with Gasteiger partial charge in [-0.3, -0.25) is 5.10 Å². The van der Waals surface area contributed by atoms with Crippen molar-refractivity contribution in [3.05, 3.63) is 18.6 Å². The van der Waals surface area contributed by atoms with Gasteiger partial charge in [0.2, 0.25) is 21.9 Å². The number of hydrogen-bond donors (Lipinski definition) is 2. The van der Waals surface area contributed by atoms with E-state index in [0.717, 1.165) is 5.56 Å². The molecule has 3 aromatic rings. The third-order valence-corrected chi connectivity index (χ3v) is 7.18. The number of fused-ring (bicyclic) bond motifs is 1. The molecule has 0 aromatic carbocycles. The van der Waals surface area contributed by atoms with Crippen LogP contribution in [0.2, 0.25) is 0 Å². The monoisotopic (exact) mass is 446 g/mol. The molecule has 3 aromatic heterocycles. The molecule has 2 aliphatic rings. The van der Waals surface area contributed by atoms with E-state index in [0.29, 0.717) is 55.2 Å². The second-order valence-electron chi connectivity index (χ2n) is 8.50. The summed E-state index contributed by atoms with van der Waals surface area (Å²) in [5, 5.41) is 14.9. The number of piperidine rings is 1. The number of sulfonamides is 1. The number of H-pyrrole nitrogens is 1. The van der Waals surface area contributed by atoms with Crippen molar-refractivity contribution in [2.24, 2.45) is 11.8 Å². The zero-order valence-corrected chi connectivity index (χ0v) is 18.3. The van der Waals surface area contributed by atoms with E-state index in [-0.39, 0.29) is 12.0 Å². The molecule has 12 heteroatoms. The summed E-state index contributed by atoms with van der Waals surface area (Å²) in [4.78, 5) is 9.13. The third-order valence-electron chi connectivity index (χ3n) is 5.91. The van der Waals surface area contributed by atoms with E-state index in [9.17, 15) is 8.42 Å². The lowest BCUT2D eigenvalue weighted by atomic mass is 9.95. The molecule has 1 aliphatic carbocycles. The van der Waals surface area contributed by atoms with E-state index in [2.05, 4.69) is 30.6 Å². The fourth-order valence-electron chi connectivity index (χ4n) is 3.87. The van der Waals surface area contributed by atoms with Crippen LogP contribution < -0.4 is 10.1 Å². The SMILES string of the molecule is C[C@@H]1CN(S(C)(=O)=O)CC[C@@H]1Nc1nc2cnc(-c3cn[nH]c3)c(OCC3CC3)n2n1. The van der Waals surface area contributed by atoms with Crippen molar-refractivity contribution >= 4 is 21.6 Å². The Morgan fingerprint density at radius 2 is 2.13 bits per heavy atom. The highest BCUT2D eigenvalue weighted by atomic mass is 32.2. The first kappa shape index (κ1) is 20.2. The van der Waals surface area contributed by atoms with Crippen LogP contribution in [0.15, 0.2) is 18.6 Å². The van der Waals surface area contributed by atoms with Crippen molar-refractivity contribution < 1.29 is 13.2 Å². The topological polar surface area (TPSA) is 130 Å². The fraction of sp³-hybridized carbons (Fsp3) is 0.579. The summed E-state index contributed by atoms with van der Waals surface area (Å²) in [5.74, 6) is 1.73. The van der Waals surface area contributed by atoms with Gasteiger partial charge in [-0.05, 0) is 31.1 Å². The maximum Gasteiger partial charge on any atom is 0.244 e. The molecule has 1 saturated heterocycles. The third kappa shape index (κ3) is 4.22. The van der Waals surface area contributed by atoms with Crippen LogP contribution >= 0.6 is 0 Å². The second kappa shape index (κ2) is 7.75. The first-order valence-electron chi connectivity index (χ1n) is 10.5. The highest BCUT2D eigenvalue weighted by molar-refractivity contribution is 7.88. The van der Waals surface area contributed by atoms with Gasteiger partial charge in [0.15, 0.2) is 5.65 Å². The van der Waals surface area contributed by atoms with Crippen LogP contribution in [0.25, 0.3) is 16.9 Å². The molecule has 2 N–H and O–H groups in total. The van der Waals surface area contributed by atoms with E-state index in [1.165, 1.54) is 23.4 Å². The first-order chi connectivity index (χ1) is 14.9. The zero-order chi connectivity index (χ0) is 21.6. The molecule has 31 heavy (non-hydrogen) atoms. The molecule has 0 radical (unpaired) electrons. The molecular weight excluding hydrogens is 420 g/mol. The summed E-state index contributed by atoms with van der Waals surface area (Å²) in [6.07, 6.45) is 9.44. The number of hydrogen-bond acceptors (Lipinski definition) is 8. The fourth-order valence-corrected chi connectivity index (χ4v) is 4.82. The minimum Gasteiger partial charge on any atom is -0.476 e. The summed E-state index contributed by atoms with van der Waals surface area (Å²) in [5.41, 5.74) is 2.06. The summed E-state index contributed by atoms with van der Waals surface area (Å²) in [6.45, 7) is 3.62. The van der Waals surface area contributed by atoms with E-state index < -0.39 is 10.0 Å². The summed E-state index contributed by atoms with van der Waals surface area (Å²) >= 11 is 0. The van der Waals surface area contributed by atoms with Crippen molar-refractivity contribution in [2.45, 2.75) is 32.2 Å². The van der Waals surface area contributed by atoms with Crippen LogP contribution in [0.5, 0.6) is 5.88 Å². The smallest absolute Gasteiger partial charge is 0.244 e. The van der Waals surface area contributed by atoms with Crippen LogP contribution in [0.1, 0.15) is 26.2 Å². The highest BCUT2D eigenvalue weighted by Crippen LogP contribution is 2.33. The number of rotatable bonds is 7. The van der Waals surface area contributed by atoms with E-state index in [1.807, 2.05) is 6.92 Å². The maximum atomic E-state index is 11.8. The zero-order valence-electron chi connectivity index (χ0n) is 17.5. The molecule has 4 heterocycles. The number of aromatic amines is 1. The molecule has 0 unspecified atom stereocenters. The minimum atomic E-state index is -3.18. The Balaban J connectivity index is 1.41. The molecule has 0 spiro atoms. The van der Waals surface area contributed by atoms with Gasteiger partial charge in [-0.15, -0.1) is 5.10 Å². The molecule has 11 nitrogen and oxygen atoms in total. The molecule has 2 fully saturated rings. The molecule has 166 valence electrons. The van der Waals surface area contributed by atoms with Crippen LogP contribution in [0, 0.1) is 11.8 Å². The van der Waals surface area contributed by atoms with Crippen molar-refractivity contribution in [1.29, 1.82) is 0 Å². The molecule has 0 amide bonds. The normalized spacial score (nSPS) is 22.6. The Kier molecular flexibility index (Phi) is 5.05. The predicted molar refractivity (Wildman–Crippen MR) is 114 cm³/mol. The molecular formula is C19H26N8O3S. The van der Waals surface area contributed by atoms with Gasteiger partial charge in [0, 0.05) is 30.9 Å². The van der Waals surface area contributed by atoms with Gasteiger partial charge in [0.1, 0.15) is 5.69 Å². The first-order valence-corrected chi connectivity index (χ1v) is 12.3. The van der Waals surface area contributed by atoms with E-state index >= 15 is 0 Å². The van der Waals surface area contributed by atoms with Gasteiger partial charge in [0.05, 0.1) is 25.3 Å². The Labute approximate surface area is 180 Å². The van der Waals surface area contributed by atoms with E-state index in [4.69, 9.17) is 4.74 Å². The molecule has 1 aliphatic heterocycles. The second-order valence-corrected chi connectivity index (χ2v) is 10.5. The van der Waals surface area contributed by atoms with Gasteiger partial charge >= 0.3 is 0 Å². The average Bonchev–Trinajstić information content (AvgIpc) is 3.21. The predicted octanol–water partition coefficient (Wildman–Crippen LogP) is 1.39. The lowest BCUT2D eigenvalue weighted by Crippen LogP contribution is -2.47. The molecule has 2 atom stereocenters. The van der Waals surface area contributed by atoms with Crippen LogP contribution in [-0.4, -0.2) is 74.5 Å². The number of anilines is 1. The summed E-state index contributed by atoms with van der Waals surface area (Å²) in [6, 6.07) is 0.0764. The van der Waals surface area contributed by atoms with Crippen molar-refractivity contribution in [3.8, 4) is 17.1 Å². The van der Waals surface area contributed by atoms with Crippen molar-refractivity contribution in [3.63, 3.8) is 0 Å². The van der Waals surface area contributed by atoms with Gasteiger partial charge in [-0.25, -0.2) is 17.7 Å². The van der Waals surface area contributed by atoms with E-state index in [1.54, 1.807) is 23.1 Å². The van der Waals surface area contributed by atoms with Crippen LogP contribution in [0.4, 0.5) is 5.95 Å². The van der Waals surface area contributed by atoms with Crippen LogP contribution in [-0.2, 0) is 10.0 Å². The number of nitrogens with zero attached hydrogens (tertiary/aromatic N) is 6. The highest BCUT2D eigenvalue weighted by Gasteiger charge is 2.31. The summed E-state index contributed by atoms with van der Waals surface area (Å²) < 4.78 is 33.0. The van der Waals surface area contributed by atoms with Crippen molar-refractivity contribution in [2.75, 3.05) is 31.3 Å². The summed E-state index contributed by atoms with van der Waals surface area (Å²) in [7, 11) is -3.18. The average molecular weight is 447 g/mol. The largest absolute Gasteiger partial charge is 0.476 e. The number of nitrogens with one attached hydrogen (secondary N) is 2. The standard InChI is InChI=1S/C19H26N8O3S/c1-12-10-26(31(2,28)29)6-5-15(12)23-19-24-16-9-20-17(14-7-21-22-8-14)18(27(16)25-19)30-11-13-3-4-13/h7-9,12-13,15H,3-6,10-11H2,1-2H3,(H,21,22)(H,23,25)/t12-,15+/m1/s1. The lowest BCUT2D eigenvalue weighted by molar-refractivity contribution is 0.262. The number of ether oxygens (including phenoxy) is 1. The van der Waals surface area contributed by atoms with Crippen LogP contribution in [0.3, 0.4) is 0 Å². The quantitative estimate of drug-likeness (QED) is 0.557. The van der Waals surface area contributed by atoms with Gasteiger partial charge in [-0.2, -0.15) is 14.6 Å². The Bertz CT molecular complexity index is 1170.